The summed E-state index contributed by atoms with van der Waals surface area (Å²) in [4.78, 5) is 6.93. The molecule has 0 radical (unpaired) electrons. The van der Waals surface area contributed by atoms with Crippen LogP contribution in [0.15, 0.2) is 66.9 Å². The number of rotatable bonds is 5. The molecule has 0 saturated carbocycles. The average molecular weight is 374 g/mol. The third-order valence-corrected chi connectivity index (χ3v) is 5.00. The molecule has 2 aromatic carbocycles. The first-order valence-electron chi connectivity index (χ1n) is 9.76. The Morgan fingerprint density at radius 1 is 1.00 bits per heavy atom. The number of hydrogen-bond donors (Lipinski definition) is 2. The van der Waals surface area contributed by atoms with Crippen LogP contribution in [0.5, 0.6) is 5.75 Å². The number of nitrogens with one attached hydrogen (secondary N) is 2. The number of benzene rings is 2. The molecule has 1 aliphatic heterocycles. The van der Waals surface area contributed by atoms with Gasteiger partial charge in [-0.05, 0) is 54.9 Å². The summed E-state index contributed by atoms with van der Waals surface area (Å²) in [5.74, 6) is 1.68. The Kier molecular flexibility index (Phi) is 5.73. The van der Waals surface area contributed by atoms with Gasteiger partial charge in [0.25, 0.3) is 0 Å². The van der Waals surface area contributed by atoms with Crippen LogP contribution in [0.2, 0.25) is 0 Å². The number of para-hydroxylation sites is 1. The maximum Gasteiger partial charge on any atom is 0.130 e. The number of methoxy groups -OCH3 is 1. The molecule has 0 atom stereocenters. The Balaban J connectivity index is 1.56. The second-order valence-corrected chi connectivity index (χ2v) is 6.90. The van der Waals surface area contributed by atoms with Crippen molar-refractivity contribution < 1.29 is 4.74 Å². The fraction of sp³-hybridized carbons (Fsp3) is 0.261. The first kappa shape index (κ1) is 18.3. The van der Waals surface area contributed by atoms with Crippen LogP contribution in [-0.4, -0.2) is 38.3 Å². The summed E-state index contributed by atoms with van der Waals surface area (Å²) in [7, 11) is 1.70. The molecule has 1 saturated heterocycles. The van der Waals surface area contributed by atoms with Gasteiger partial charge >= 0.3 is 0 Å². The third kappa shape index (κ3) is 4.26. The molecule has 0 aliphatic carbocycles. The maximum atomic E-state index is 5.50. The highest BCUT2D eigenvalue weighted by Crippen LogP contribution is 2.31. The van der Waals surface area contributed by atoms with E-state index >= 15 is 0 Å². The molecular weight excluding hydrogens is 348 g/mol. The van der Waals surface area contributed by atoms with Gasteiger partial charge in [0.05, 0.1) is 7.11 Å². The van der Waals surface area contributed by atoms with Crippen molar-refractivity contribution in [3.8, 4) is 16.9 Å². The zero-order valence-corrected chi connectivity index (χ0v) is 16.2. The van der Waals surface area contributed by atoms with E-state index in [9.17, 15) is 0 Å². The second-order valence-electron chi connectivity index (χ2n) is 6.90. The largest absolute Gasteiger partial charge is 0.496 e. The van der Waals surface area contributed by atoms with Gasteiger partial charge in [0.1, 0.15) is 11.6 Å². The Bertz CT molecular complexity index is 920. The van der Waals surface area contributed by atoms with Crippen molar-refractivity contribution in [2.45, 2.75) is 6.42 Å². The summed E-state index contributed by atoms with van der Waals surface area (Å²) in [6.45, 7) is 4.23. The van der Waals surface area contributed by atoms with Crippen LogP contribution >= 0.6 is 0 Å². The van der Waals surface area contributed by atoms with Crippen LogP contribution in [0.4, 0.5) is 17.2 Å². The number of nitrogens with zero attached hydrogens (tertiary/aromatic N) is 2. The van der Waals surface area contributed by atoms with Crippen LogP contribution in [0.3, 0.4) is 0 Å². The molecule has 144 valence electrons. The smallest absolute Gasteiger partial charge is 0.130 e. The van der Waals surface area contributed by atoms with E-state index in [4.69, 9.17) is 4.74 Å². The molecule has 0 bridgehead atoms. The quantitative estimate of drug-likeness (QED) is 0.697. The maximum absolute atomic E-state index is 5.50. The van der Waals surface area contributed by atoms with Crippen LogP contribution < -0.4 is 20.3 Å². The summed E-state index contributed by atoms with van der Waals surface area (Å²) in [6, 6.07) is 20.6. The van der Waals surface area contributed by atoms with Crippen molar-refractivity contribution in [1.82, 2.24) is 10.3 Å². The SMILES string of the molecule is COc1ccccc1-c1ccnc(Nc2cccc(N3CCCNCC3)c2)c1. The van der Waals surface area contributed by atoms with Crippen molar-refractivity contribution in [2.24, 2.45) is 0 Å². The predicted octanol–water partition coefficient (Wildman–Crippen LogP) is 4.30. The molecule has 28 heavy (non-hydrogen) atoms. The van der Waals surface area contributed by atoms with Crippen molar-refractivity contribution in [3.63, 3.8) is 0 Å². The van der Waals surface area contributed by atoms with E-state index < -0.39 is 0 Å². The zero-order valence-electron chi connectivity index (χ0n) is 16.2. The molecule has 1 aliphatic rings. The number of anilines is 3. The van der Waals surface area contributed by atoms with Gasteiger partial charge < -0.3 is 20.3 Å². The standard InChI is InChI=1S/C23H26N4O/c1-28-22-9-3-2-8-21(22)18-10-12-25-23(16-18)26-19-6-4-7-20(17-19)27-14-5-11-24-13-15-27/h2-4,6-10,12,16-17,24H,5,11,13-15H2,1H3,(H,25,26). The van der Waals surface area contributed by atoms with Crippen LogP contribution in [-0.2, 0) is 0 Å². The molecular formula is C23H26N4O. The predicted molar refractivity (Wildman–Crippen MR) is 116 cm³/mol. The van der Waals surface area contributed by atoms with Crippen molar-refractivity contribution >= 4 is 17.2 Å². The molecule has 5 nitrogen and oxygen atoms in total. The van der Waals surface area contributed by atoms with E-state index in [0.717, 1.165) is 54.6 Å². The van der Waals surface area contributed by atoms with Gasteiger partial charge in [0.15, 0.2) is 0 Å². The molecule has 3 aromatic rings. The van der Waals surface area contributed by atoms with Crippen LogP contribution in [0.25, 0.3) is 11.1 Å². The van der Waals surface area contributed by atoms with Gasteiger partial charge in [-0.15, -0.1) is 0 Å². The Hall–Kier alpha value is -3.05. The van der Waals surface area contributed by atoms with Gasteiger partial charge in [0, 0.05) is 42.8 Å². The molecule has 0 amide bonds. The minimum Gasteiger partial charge on any atom is -0.496 e. The third-order valence-electron chi connectivity index (χ3n) is 5.00. The normalized spacial score (nSPS) is 14.4. The lowest BCUT2D eigenvalue weighted by molar-refractivity contribution is 0.416. The lowest BCUT2D eigenvalue weighted by Crippen LogP contribution is -2.27. The van der Waals surface area contributed by atoms with E-state index in [0.29, 0.717) is 0 Å². The fourth-order valence-electron chi connectivity index (χ4n) is 3.58. The van der Waals surface area contributed by atoms with Gasteiger partial charge in [0.2, 0.25) is 0 Å². The van der Waals surface area contributed by atoms with E-state index in [1.54, 1.807) is 7.11 Å². The Morgan fingerprint density at radius 3 is 2.86 bits per heavy atom. The van der Waals surface area contributed by atoms with Gasteiger partial charge in [-0.25, -0.2) is 4.98 Å². The van der Waals surface area contributed by atoms with Gasteiger partial charge in [-0.3, -0.25) is 0 Å². The summed E-state index contributed by atoms with van der Waals surface area (Å²) in [5.41, 5.74) is 4.42. The topological polar surface area (TPSA) is 49.4 Å². The van der Waals surface area contributed by atoms with Crippen molar-refractivity contribution in [3.05, 3.63) is 66.9 Å². The van der Waals surface area contributed by atoms with Crippen molar-refractivity contribution in [2.75, 3.05) is 43.5 Å². The molecule has 1 fully saturated rings. The monoisotopic (exact) mass is 374 g/mol. The highest BCUT2D eigenvalue weighted by atomic mass is 16.5. The Morgan fingerprint density at radius 2 is 1.93 bits per heavy atom. The number of pyridine rings is 1. The first-order chi connectivity index (χ1) is 13.8. The lowest BCUT2D eigenvalue weighted by Gasteiger charge is -2.23. The highest BCUT2D eigenvalue weighted by molar-refractivity contribution is 5.74. The summed E-state index contributed by atoms with van der Waals surface area (Å²) < 4.78 is 5.50. The molecule has 0 unspecified atom stereocenters. The van der Waals surface area contributed by atoms with E-state index in [1.165, 1.54) is 12.1 Å². The number of aromatic nitrogens is 1. The van der Waals surface area contributed by atoms with Crippen LogP contribution in [0.1, 0.15) is 6.42 Å². The summed E-state index contributed by atoms with van der Waals surface area (Å²) in [6.07, 6.45) is 2.99. The molecule has 1 aromatic heterocycles. The van der Waals surface area contributed by atoms with E-state index in [2.05, 4.69) is 56.9 Å². The minimum absolute atomic E-state index is 0.818. The molecule has 4 rings (SSSR count). The lowest BCUT2D eigenvalue weighted by atomic mass is 10.1. The van der Waals surface area contributed by atoms with Crippen molar-refractivity contribution in [1.29, 1.82) is 0 Å². The van der Waals surface area contributed by atoms with Gasteiger partial charge in [-0.2, -0.15) is 0 Å². The first-order valence-corrected chi connectivity index (χ1v) is 9.76. The minimum atomic E-state index is 0.818. The zero-order chi connectivity index (χ0) is 19.2. The summed E-state index contributed by atoms with van der Waals surface area (Å²) in [5, 5.41) is 6.91. The number of ether oxygens (including phenoxy) is 1. The second kappa shape index (κ2) is 8.76. The summed E-state index contributed by atoms with van der Waals surface area (Å²) >= 11 is 0. The van der Waals surface area contributed by atoms with E-state index in [1.807, 2.05) is 30.5 Å². The van der Waals surface area contributed by atoms with Crippen LogP contribution in [0, 0.1) is 0 Å². The fourth-order valence-corrected chi connectivity index (χ4v) is 3.58. The van der Waals surface area contributed by atoms with E-state index in [-0.39, 0.29) is 0 Å². The highest BCUT2D eigenvalue weighted by Gasteiger charge is 2.10. The van der Waals surface area contributed by atoms with Gasteiger partial charge in [-0.1, -0.05) is 24.3 Å². The Labute approximate surface area is 166 Å². The molecule has 5 heteroatoms. The molecule has 2 heterocycles. The molecule has 2 N–H and O–H groups in total. The number of hydrogen-bond acceptors (Lipinski definition) is 5. The molecule has 0 spiro atoms. The average Bonchev–Trinajstić information content (AvgIpc) is 3.04.